The van der Waals surface area contributed by atoms with Crippen molar-refractivity contribution in [2.24, 2.45) is 5.92 Å². The molecule has 0 aliphatic heterocycles. The summed E-state index contributed by atoms with van der Waals surface area (Å²) < 4.78 is 13.1. The average Bonchev–Trinajstić information content (AvgIpc) is 2.41. The van der Waals surface area contributed by atoms with Crippen LogP contribution < -0.4 is 10.1 Å². The molecule has 0 aliphatic rings. The number of hydrogen-bond donors (Lipinski definition) is 1. The van der Waals surface area contributed by atoms with Gasteiger partial charge in [-0.25, -0.2) is 0 Å². The number of ether oxygens (including phenoxy) is 2. The molecule has 1 N–H and O–H groups in total. The third kappa shape index (κ3) is 7.63. The Hall–Kier alpha value is -0.100. The minimum absolute atomic E-state index is 0.608. The van der Waals surface area contributed by atoms with Gasteiger partial charge < -0.3 is 14.8 Å². The van der Waals surface area contributed by atoms with E-state index in [1.165, 1.54) is 5.56 Å². The van der Waals surface area contributed by atoms with Crippen LogP contribution in [-0.2, 0) is 11.3 Å². The Balaban J connectivity index is 2.29. The zero-order valence-electron chi connectivity index (χ0n) is 13.0. The molecular formula is C16H25Br2NO2. The second kappa shape index (κ2) is 10.6. The van der Waals surface area contributed by atoms with E-state index in [4.69, 9.17) is 9.47 Å². The molecule has 0 saturated heterocycles. The van der Waals surface area contributed by atoms with Crippen LogP contribution in [0.3, 0.4) is 0 Å². The first-order valence-corrected chi connectivity index (χ1v) is 9.02. The number of benzene rings is 1. The van der Waals surface area contributed by atoms with Crippen LogP contribution in [0.25, 0.3) is 0 Å². The SMILES string of the molecule is CCOc1c(Br)cc(CNCCCOCC(C)C)cc1Br. The molecule has 0 atom stereocenters. The maximum Gasteiger partial charge on any atom is 0.147 e. The summed E-state index contributed by atoms with van der Waals surface area (Å²) in [5.74, 6) is 1.47. The Morgan fingerprint density at radius 3 is 2.43 bits per heavy atom. The van der Waals surface area contributed by atoms with Crippen molar-refractivity contribution in [3.05, 3.63) is 26.6 Å². The summed E-state index contributed by atoms with van der Waals surface area (Å²) in [6.07, 6.45) is 1.03. The monoisotopic (exact) mass is 421 g/mol. The summed E-state index contributed by atoms with van der Waals surface area (Å²) in [6.45, 7) is 10.4. The van der Waals surface area contributed by atoms with Gasteiger partial charge in [0.05, 0.1) is 15.6 Å². The van der Waals surface area contributed by atoms with E-state index >= 15 is 0 Å². The van der Waals surface area contributed by atoms with Crippen LogP contribution in [0.15, 0.2) is 21.1 Å². The molecule has 0 saturated carbocycles. The fourth-order valence-electron chi connectivity index (χ4n) is 1.85. The van der Waals surface area contributed by atoms with Crippen LogP contribution in [-0.4, -0.2) is 26.4 Å². The van der Waals surface area contributed by atoms with Gasteiger partial charge in [0.15, 0.2) is 0 Å². The molecular weight excluding hydrogens is 398 g/mol. The first-order chi connectivity index (χ1) is 10.0. The molecule has 0 spiro atoms. The Morgan fingerprint density at radius 1 is 1.19 bits per heavy atom. The first kappa shape index (κ1) is 18.9. The second-order valence-corrected chi connectivity index (χ2v) is 7.03. The largest absolute Gasteiger partial charge is 0.492 e. The highest BCUT2D eigenvalue weighted by atomic mass is 79.9. The lowest BCUT2D eigenvalue weighted by atomic mass is 10.2. The molecule has 0 aromatic heterocycles. The van der Waals surface area contributed by atoms with E-state index in [1.807, 2.05) is 6.92 Å². The number of rotatable bonds is 10. The van der Waals surface area contributed by atoms with Crippen LogP contribution >= 0.6 is 31.9 Å². The summed E-state index contributed by atoms with van der Waals surface area (Å²) in [6, 6.07) is 4.19. The molecule has 0 fully saturated rings. The first-order valence-electron chi connectivity index (χ1n) is 7.43. The van der Waals surface area contributed by atoms with Crippen LogP contribution in [0.4, 0.5) is 0 Å². The van der Waals surface area contributed by atoms with Crippen LogP contribution in [0, 0.1) is 5.92 Å². The number of nitrogens with one attached hydrogen (secondary N) is 1. The van der Waals surface area contributed by atoms with E-state index in [9.17, 15) is 0 Å². The molecule has 21 heavy (non-hydrogen) atoms. The van der Waals surface area contributed by atoms with Crippen molar-refractivity contribution in [2.45, 2.75) is 33.7 Å². The van der Waals surface area contributed by atoms with Crippen molar-refractivity contribution in [3.63, 3.8) is 0 Å². The fourth-order valence-corrected chi connectivity index (χ4v) is 3.36. The molecule has 0 radical (unpaired) electrons. The molecule has 0 bridgehead atoms. The smallest absolute Gasteiger partial charge is 0.147 e. The molecule has 3 nitrogen and oxygen atoms in total. The highest BCUT2D eigenvalue weighted by Gasteiger charge is 2.08. The minimum Gasteiger partial charge on any atom is -0.492 e. The van der Waals surface area contributed by atoms with Gasteiger partial charge in [0.25, 0.3) is 0 Å². The molecule has 1 aromatic carbocycles. The maximum absolute atomic E-state index is 5.58. The lowest BCUT2D eigenvalue weighted by molar-refractivity contribution is 0.108. The predicted molar refractivity (Wildman–Crippen MR) is 95.0 cm³/mol. The average molecular weight is 423 g/mol. The topological polar surface area (TPSA) is 30.5 Å². The maximum atomic E-state index is 5.58. The van der Waals surface area contributed by atoms with Gasteiger partial charge in [-0.2, -0.15) is 0 Å². The molecule has 120 valence electrons. The van der Waals surface area contributed by atoms with E-state index in [2.05, 4.69) is 63.2 Å². The van der Waals surface area contributed by atoms with E-state index in [1.54, 1.807) is 0 Å². The van der Waals surface area contributed by atoms with Crippen molar-refractivity contribution in [1.29, 1.82) is 0 Å². The Kier molecular flexibility index (Phi) is 9.56. The minimum atomic E-state index is 0.608. The quantitative estimate of drug-likeness (QED) is 0.551. The predicted octanol–water partition coefficient (Wildman–Crippen LogP) is 4.76. The lowest BCUT2D eigenvalue weighted by Crippen LogP contribution is -2.17. The summed E-state index contributed by atoms with van der Waals surface area (Å²) in [5.41, 5.74) is 1.22. The Bertz CT molecular complexity index is 402. The van der Waals surface area contributed by atoms with Crippen LogP contribution in [0.5, 0.6) is 5.75 Å². The third-order valence-corrected chi connectivity index (χ3v) is 3.95. The van der Waals surface area contributed by atoms with Gasteiger partial charge in [0, 0.05) is 19.8 Å². The molecule has 0 unspecified atom stereocenters. The third-order valence-electron chi connectivity index (χ3n) is 2.77. The summed E-state index contributed by atoms with van der Waals surface area (Å²) in [7, 11) is 0. The van der Waals surface area contributed by atoms with Crippen molar-refractivity contribution in [3.8, 4) is 5.75 Å². The van der Waals surface area contributed by atoms with Gasteiger partial charge in [-0.05, 0) is 75.4 Å². The summed E-state index contributed by atoms with van der Waals surface area (Å²) >= 11 is 7.11. The normalized spacial score (nSPS) is 11.1. The number of halogens is 2. The van der Waals surface area contributed by atoms with Crippen LogP contribution in [0.1, 0.15) is 32.8 Å². The van der Waals surface area contributed by atoms with Crippen molar-refractivity contribution >= 4 is 31.9 Å². The highest BCUT2D eigenvalue weighted by Crippen LogP contribution is 2.34. The second-order valence-electron chi connectivity index (χ2n) is 5.32. The summed E-state index contributed by atoms with van der Waals surface area (Å²) in [5, 5.41) is 3.43. The lowest BCUT2D eigenvalue weighted by Gasteiger charge is -2.12. The van der Waals surface area contributed by atoms with Gasteiger partial charge in [-0.15, -0.1) is 0 Å². The van der Waals surface area contributed by atoms with E-state index < -0.39 is 0 Å². The number of hydrogen-bond acceptors (Lipinski definition) is 3. The van der Waals surface area contributed by atoms with E-state index in [-0.39, 0.29) is 0 Å². The zero-order chi connectivity index (χ0) is 15.7. The zero-order valence-corrected chi connectivity index (χ0v) is 16.2. The summed E-state index contributed by atoms with van der Waals surface area (Å²) in [4.78, 5) is 0. The molecule has 0 amide bonds. The molecule has 0 heterocycles. The van der Waals surface area contributed by atoms with E-state index in [0.29, 0.717) is 12.5 Å². The Labute approximate surface area is 145 Å². The van der Waals surface area contributed by atoms with Crippen molar-refractivity contribution in [1.82, 2.24) is 5.32 Å². The van der Waals surface area contributed by atoms with E-state index in [0.717, 1.165) is 47.4 Å². The van der Waals surface area contributed by atoms with Gasteiger partial charge >= 0.3 is 0 Å². The van der Waals surface area contributed by atoms with Crippen LogP contribution in [0.2, 0.25) is 0 Å². The molecule has 1 rings (SSSR count). The van der Waals surface area contributed by atoms with Gasteiger partial charge in [-0.3, -0.25) is 0 Å². The van der Waals surface area contributed by atoms with Crippen molar-refractivity contribution < 1.29 is 9.47 Å². The molecule has 1 aromatic rings. The standard InChI is InChI=1S/C16H25Br2NO2/c1-4-21-16-14(17)8-13(9-15(16)18)10-19-6-5-7-20-11-12(2)3/h8-9,12,19H,4-7,10-11H2,1-3H3. The highest BCUT2D eigenvalue weighted by molar-refractivity contribution is 9.11. The Morgan fingerprint density at radius 2 is 1.86 bits per heavy atom. The molecule has 0 aliphatic carbocycles. The van der Waals surface area contributed by atoms with Gasteiger partial charge in [0.2, 0.25) is 0 Å². The molecule has 5 heteroatoms. The fraction of sp³-hybridized carbons (Fsp3) is 0.625. The van der Waals surface area contributed by atoms with Crippen molar-refractivity contribution in [2.75, 3.05) is 26.4 Å². The van der Waals surface area contributed by atoms with Gasteiger partial charge in [0.1, 0.15) is 5.75 Å². The van der Waals surface area contributed by atoms with Gasteiger partial charge in [-0.1, -0.05) is 13.8 Å².